The number of hydrogen-bond donors (Lipinski definition) is 2. The number of likely N-dealkylation sites (N-methyl/N-ethyl adjacent to an activating group) is 1. The number of allylic oxidation sites excluding steroid dienone is 2. The number of primary amides is 1. The van der Waals surface area contributed by atoms with Gasteiger partial charge in [-0.05, 0) is 32.5 Å². The summed E-state index contributed by atoms with van der Waals surface area (Å²) in [7, 11) is 5.54. The van der Waals surface area contributed by atoms with Gasteiger partial charge in [-0.2, -0.15) is 5.10 Å². The fraction of sp³-hybridized carbons (Fsp3) is 0.480. The zero-order valence-corrected chi connectivity index (χ0v) is 21.9. The molecule has 2 heterocycles. The van der Waals surface area contributed by atoms with Crippen LogP contribution in [0.15, 0.2) is 36.7 Å². The van der Waals surface area contributed by atoms with Crippen LogP contribution in [0.4, 0.5) is 10.2 Å². The van der Waals surface area contributed by atoms with E-state index in [0.717, 1.165) is 0 Å². The molecule has 0 spiro atoms. The number of carbonyl (C=O) groups is 2. The van der Waals surface area contributed by atoms with E-state index in [0.29, 0.717) is 31.0 Å². The molecule has 9 heteroatoms. The topological polar surface area (TPSA) is 96.5 Å². The maximum atomic E-state index is 12.0. The fourth-order valence-corrected chi connectivity index (χ4v) is 2.53. The largest absolute Gasteiger partial charge is 0.373 e. The lowest BCUT2D eigenvalue weighted by atomic mass is 10.1. The molecule has 2 rings (SSSR count). The number of anilines is 1. The number of aromatic nitrogens is 2. The van der Waals surface area contributed by atoms with Gasteiger partial charge < -0.3 is 20.9 Å². The lowest BCUT2D eigenvalue weighted by Crippen LogP contribution is -2.50. The van der Waals surface area contributed by atoms with Crippen LogP contribution in [0.25, 0.3) is 0 Å². The Labute approximate surface area is 204 Å². The molecule has 0 atom stereocenters. The van der Waals surface area contributed by atoms with E-state index in [1.54, 1.807) is 29.6 Å². The fourth-order valence-electron chi connectivity index (χ4n) is 2.53. The third-order valence-corrected chi connectivity index (χ3v) is 4.24. The molecule has 0 unspecified atom stereocenters. The molecule has 3 N–H and O–H groups in total. The summed E-state index contributed by atoms with van der Waals surface area (Å²) in [4.78, 5) is 27.3. The molecule has 190 valence electrons. The maximum Gasteiger partial charge on any atom is 0.255 e. The van der Waals surface area contributed by atoms with E-state index in [4.69, 9.17) is 12.2 Å². The molecule has 1 aliphatic rings. The summed E-state index contributed by atoms with van der Waals surface area (Å²) in [6, 6.07) is -0.0427. The Kier molecular flexibility index (Phi) is 16.5. The molecule has 1 aliphatic heterocycles. The van der Waals surface area contributed by atoms with Gasteiger partial charge in [-0.15, -0.1) is 6.42 Å². The summed E-state index contributed by atoms with van der Waals surface area (Å²) in [5.41, 5.74) is 6.20. The van der Waals surface area contributed by atoms with Gasteiger partial charge in [0.1, 0.15) is 22.9 Å². The minimum absolute atomic E-state index is 0.0427. The number of nitrogens with one attached hydrogen (secondary N) is 1. The highest BCUT2D eigenvalue weighted by Crippen LogP contribution is 2.28. The normalized spacial score (nSPS) is 12.1. The second kappa shape index (κ2) is 17.1. The van der Waals surface area contributed by atoms with Crippen molar-refractivity contribution in [3.05, 3.63) is 48.0 Å². The van der Waals surface area contributed by atoms with Gasteiger partial charge in [0.25, 0.3) is 5.91 Å². The van der Waals surface area contributed by atoms with Crippen LogP contribution in [-0.2, 0) is 4.79 Å². The third-order valence-electron chi connectivity index (χ3n) is 4.24. The van der Waals surface area contributed by atoms with Gasteiger partial charge in [0.15, 0.2) is 0 Å². The van der Waals surface area contributed by atoms with Gasteiger partial charge in [0.2, 0.25) is 5.91 Å². The molecule has 0 aliphatic carbocycles. The average molecular weight is 477 g/mol. The lowest BCUT2D eigenvalue weighted by Gasteiger charge is -2.39. The molecule has 1 saturated heterocycles. The van der Waals surface area contributed by atoms with Crippen molar-refractivity contribution in [3.8, 4) is 12.3 Å². The predicted octanol–water partition coefficient (Wildman–Crippen LogP) is 3.60. The monoisotopic (exact) mass is 476 g/mol. The third kappa shape index (κ3) is 10.0. The zero-order valence-electron chi connectivity index (χ0n) is 21.9. The van der Waals surface area contributed by atoms with Crippen molar-refractivity contribution in [2.45, 2.75) is 40.7 Å². The molecular formula is C25H41FN6O2. The van der Waals surface area contributed by atoms with Gasteiger partial charge in [-0.1, -0.05) is 46.9 Å². The van der Waals surface area contributed by atoms with E-state index in [1.807, 2.05) is 52.8 Å². The molecule has 34 heavy (non-hydrogen) atoms. The molecular weight excluding hydrogens is 435 g/mol. The second-order valence-electron chi connectivity index (χ2n) is 7.02. The number of rotatable bonds is 7. The van der Waals surface area contributed by atoms with Crippen molar-refractivity contribution in [3.63, 3.8) is 0 Å². The Morgan fingerprint density at radius 2 is 1.79 bits per heavy atom. The molecule has 0 bridgehead atoms. The standard InChI is InChI=1S/C16H22N6O2.C5H7F.2C2H6/c1-5-12-14(15(17)24)16(18-2)22(19-12)11-9-21(10-11)13(23)7-6-8-20(3)4;1-4(2)5(3)6;2*1-2/h1,6-7,11,18H,8-10H2,2-4H3,(H2,17,24);1,3H2,2H3;2*1-2H3/b7-6+;;;. The van der Waals surface area contributed by atoms with Gasteiger partial charge in [0, 0.05) is 32.8 Å². The first-order valence-corrected chi connectivity index (χ1v) is 11.2. The van der Waals surface area contributed by atoms with E-state index in [-0.39, 0.29) is 23.2 Å². The van der Waals surface area contributed by atoms with Crippen molar-refractivity contribution in [2.75, 3.05) is 46.1 Å². The first-order chi connectivity index (χ1) is 16.0. The highest BCUT2D eigenvalue weighted by molar-refractivity contribution is 6.00. The predicted molar refractivity (Wildman–Crippen MR) is 139 cm³/mol. The van der Waals surface area contributed by atoms with Crippen LogP contribution in [0, 0.1) is 12.3 Å². The van der Waals surface area contributed by atoms with Crippen LogP contribution in [-0.4, -0.2) is 72.2 Å². The minimum Gasteiger partial charge on any atom is -0.373 e. The van der Waals surface area contributed by atoms with Crippen LogP contribution in [0.1, 0.15) is 56.7 Å². The summed E-state index contributed by atoms with van der Waals surface area (Å²) < 4.78 is 13.2. The van der Waals surface area contributed by atoms with E-state index >= 15 is 0 Å². The molecule has 2 amide bonds. The molecule has 8 nitrogen and oxygen atoms in total. The van der Waals surface area contributed by atoms with E-state index < -0.39 is 11.7 Å². The highest BCUT2D eigenvalue weighted by atomic mass is 19.1. The Morgan fingerprint density at radius 1 is 1.29 bits per heavy atom. The first-order valence-electron chi connectivity index (χ1n) is 11.2. The van der Waals surface area contributed by atoms with Crippen molar-refractivity contribution < 1.29 is 14.0 Å². The molecule has 1 aromatic rings. The van der Waals surface area contributed by atoms with Crippen molar-refractivity contribution in [1.29, 1.82) is 0 Å². The Hall–Kier alpha value is -3.38. The summed E-state index contributed by atoms with van der Waals surface area (Å²) in [5, 5.41) is 7.20. The molecule has 1 fully saturated rings. The van der Waals surface area contributed by atoms with Gasteiger partial charge in [0.05, 0.1) is 6.04 Å². The Bertz CT molecular complexity index is 878. The smallest absolute Gasteiger partial charge is 0.255 e. The number of nitrogens with two attached hydrogens (primary N) is 1. The van der Waals surface area contributed by atoms with E-state index in [9.17, 15) is 14.0 Å². The molecule has 0 radical (unpaired) electrons. The number of hydrogen-bond acceptors (Lipinski definition) is 5. The summed E-state index contributed by atoms with van der Waals surface area (Å²) in [6.45, 7) is 17.6. The average Bonchev–Trinajstić information content (AvgIpc) is 3.14. The number of carbonyl (C=O) groups excluding carboxylic acids is 2. The van der Waals surface area contributed by atoms with Crippen LogP contribution in [0.2, 0.25) is 0 Å². The number of nitrogens with zero attached hydrogens (tertiary/aromatic N) is 4. The van der Waals surface area contributed by atoms with Crippen LogP contribution < -0.4 is 11.1 Å². The maximum absolute atomic E-state index is 12.0. The number of halogens is 1. The Morgan fingerprint density at radius 3 is 2.15 bits per heavy atom. The van der Waals surface area contributed by atoms with Crippen molar-refractivity contribution in [1.82, 2.24) is 19.6 Å². The number of terminal acetylenes is 1. The quantitative estimate of drug-likeness (QED) is 0.356. The highest BCUT2D eigenvalue weighted by Gasteiger charge is 2.34. The van der Waals surface area contributed by atoms with E-state index in [2.05, 4.69) is 29.5 Å². The SMILES string of the molecule is C#Cc1nn(C2CN(C(=O)/C=C/CN(C)C)C2)c(NC)c1C(N)=O.C=C(C)C(=C)F.CC.CC. The lowest BCUT2D eigenvalue weighted by molar-refractivity contribution is -0.131. The van der Waals surface area contributed by atoms with Crippen LogP contribution >= 0.6 is 0 Å². The number of likely N-dealkylation sites (tertiary alicyclic amines) is 1. The van der Waals surface area contributed by atoms with Crippen molar-refractivity contribution >= 4 is 17.6 Å². The van der Waals surface area contributed by atoms with Crippen molar-refractivity contribution in [2.24, 2.45) is 5.73 Å². The van der Waals surface area contributed by atoms with Crippen LogP contribution in [0.3, 0.4) is 0 Å². The number of amides is 2. The van der Waals surface area contributed by atoms with Gasteiger partial charge >= 0.3 is 0 Å². The van der Waals surface area contributed by atoms with E-state index in [1.165, 1.54) is 0 Å². The molecule has 1 aromatic heterocycles. The summed E-state index contributed by atoms with van der Waals surface area (Å²) in [6.07, 6.45) is 8.79. The van der Waals surface area contributed by atoms with Gasteiger partial charge in [-0.25, -0.2) is 9.07 Å². The minimum atomic E-state index is -0.627. The molecule has 0 saturated carbocycles. The Balaban J connectivity index is 0. The van der Waals surface area contributed by atoms with Gasteiger partial charge in [-0.3, -0.25) is 9.59 Å². The summed E-state index contributed by atoms with van der Waals surface area (Å²) >= 11 is 0. The van der Waals surface area contributed by atoms with Crippen LogP contribution in [0.5, 0.6) is 0 Å². The molecule has 0 aromatic carbocycles. The first kappa shape index (κ1) is 32.8. The second-order valence-corrected chi connectivity index (χ2v) is 7.02. The summed E-state index contributed by atoms with van der Waals surface area (Å²) in [5.74, 6) is 1.75. The zero-order chi connectivity index (χ0) is 27.0.